The molecule has 1 saturated heterocycles. The molecule has 0 bridgehead atoms. The summed E-state index contributed by atoms with van der Waals surface area (Å²) in [4.78, 5) is 39.8. The van der Waals surface area contributed by atoms with E-state index < -0.39 is 18.4 Å². The van der Waals surface area contributed by atoms with Crippen LogP contribution in [0.2, 0.25) is 0 Å². The van der Waals surface area contributed by atoms with Gasteiger partial charge in [0.1, 0.15) is 10.9 Å². The number of thiophene rings is 1. The van der Waals surface area contributed by atoms with E-state index in [1.165, 1.54) is 16.0 Å². The Labute approximate surface area is 223 Å². The van der Waals surface area contributed by atoms with E-state index >= 15 is 0 Å². The third kappa shape index (κ3) is 4.16. The van der Waals surface area contributed by atoms with Gasteiger partial charge in [-0.1, -0.05) is 60.4 Å². The summed E-state index contributed by atoms with van der Waals surface area (Å²) in [5, 5.41) is 15.5. The lowest BCUT2D eigenvalue weighted by atomic mass is 10.2. The fourth-order valence-corrected chi connectivity index (χ4v) is 6.40. The summed E-state index contributed by atoms with van der Waals surface area (Å²) in [5.74, 6) is -1.51. The quantitative estimate of drug-likeness (QED) is 0.254. The summed E-state index contributed by atoms with van der Waals surface area (Å²) in [7, 11) is 0. The van der Waals surface area contributed by atoms with Gasteiger partial charge in [0, 0.05) is 21.3 Å². The first-order chi connectivity index (χ1) is 17.9. The lowest BCUT2D eigenvalue weighted by Gasteiger charge is -2.09. The number of pyridine rings is 1. The number of benzene rings is 2. The zero-order valence-corrected chi connectivity index (χ0v) is 21.3. The summed E-state index contributed by atoms with van der Waals surface area (Å²) in [6.07, 6.45) is 3.46. The molecule has 1 fully saturated rings. The minimum absolute atomic E-state index is 0.237. The van der Waals surface area contributed by atoms with Crippen molar-refractivity contribution in [3.05, 3.63) is 93.2 Å². The van der Waals surface area contributed by atoms with E-state index in [1.54, 1.807) is 16.7 Å². The van der Waals surface area contributed by atoms with Crippen molar-refractivity contribution in [1.29, 1.82) is 0 Å². The number of carbonyl (C=O) groups excluding carboxylic acids is 1. The maximum atomic E-state index is 13.0. The van der Waals surface area contributed by atoms with Crippen molar-refractivity contribution in [2.75, 3.05) is 6.54 Å². The van der Waals surface area contributed by atoms with Crippen molar-refractivity contribution < 1.29 is 14.7 Å². The van der Waals surface area contributed by atoms with Gasteiger partial charge in [0.25, 0.3) is 5.91 Å². The lowest BCUT2D eigenvalue weighted by molar-refractivity contribution is -0.140. The van der Waals surface area contributed by atoms with Crippen LogP contribution >= 0.6 is 35.3 Å². The first kappa shape index (κ1) is 23.3. The molecular weight excluding hydrogens is 529 g/mol. The fraction of sp³-hybridized carbons (Fsp3) is 0.0385. The van der Waals surface area contributed by atoms with Gasteiger partial charge in [-0.05, 0) is 47.4 Å². The molecule has 11 heteroatoms. The number of thioether (sulfide) groups is 1. The molecule has 0 saturated carbocycles. The standard InChI is InChI=1S/C26H16N4O4S3/c31-22(32)14-29-24(33)21(37-26(29)35)13-18-9-10-20(36-18)16-5-7-17(8-6-16)30-25(34)28-12-11-15-3-1-2-4-19(15)23(28)27-30/h1-13H,14H2,(H,31,32). The summed E-state index contributed by atoms with van der Waals surface area (Å²) in [6, 6.07) is 21.1. The molecule has 2 aromatic carbocycles. The number of hydrogen-bond acceptors (Lipinski definition) is 7. The topological polar surface area (TPSA) is 96.9 Å². The Morgan fingerprint density at radius 3 is 2.59 bits per heavy atom. The number of thiocarbonyl (C=S) groups is 1. The van der Waals surface area contributed by atoms with Gasteiger partial charge in [-0.25, -0.2) is 9.20 Å². The number of nitrogens with zero attached hydrogens (tertiary/aromatic N) is 4. The molecule has 37 heavy (non-hydrogen) atoms. The van der Waals surface area contributed by atoms with Crippen LogP contribution in [0.1, 0.15) is 4.88 Å². The molecule has 8 nitrogen and oxygen atoms in total. The van der Waals surface area contributed by atoms with E-state index in [9.17, 15) is 14.4 Å². The Bertz CT molecular complexity index is 1830. The van der Waals surface area contributed by atoms with E-state index in [1.807, 2.05) is 66.7 Å². The lowest BCUT2D eigenvalue weighted by Crippen LogP contribution is -2.33. The minimum Gasteiger partial charge on any atom is -0.480 e. The number of carboxylic acid groups (broad SMARTS) is 1. The molecule has 1 aliphatic rings. The molecule has 5 aromatic rings. The zero-order valence-electron chi connectivity index (χ0n) is 18.9. The molecule has 1 amide bonds. The van der Waals surface area contributed by atoms with Crippen molar-refractivity contribution in [2.24, 2.45) is 0 Å². The molecule has 1 aliphatic heterocycles. The molecule has 4 heterocycles. The highest BCUT2D eigenvalue weighted by Crippen LogP contribution is 2.35. The average Bonchev–Trinajstić information content (AvgIpc) is 3.57. The summed E-state index contributed by atoms with van der Waals surface area (Å²) < 4.78 is 3.17. The van der Waals surface area contributed by atoms with Crippen LogP contribution in [-0.4, -0.2) is 46.9 Å². The first-order valence-electron chi connectivity index (χ1n) is 11.1. The highest BCUT2D eigenvalue weighted by atomic mass is 32.2. The van der Waals surface area contributed by atoms with E-state index in [0.717, 1.165) is 42.8 Å². The van der Waals surface area contributed by atoms with E-state index in [-0.39, 0.29) is 10.0 Å². The van der Waals surface area contributed by atoms with Crippen molar-refractivity contribution in [2.45, 2.75) is 0 Å². The van der Waals surface area contributed by atoms with Crippen LogP contribution in [0.3, 0.4) is 0 Å². The number of carbonyl (C=O) groups is 2. The van der Waals surface area contributed by atoms with Crippen LogP contribution in [0.15, 0.2) is 82.6 Å². The molecule has 0 aliphatic carbocycles. The molecule has 0 radical (unpaired) electrons. The van der Waals surface area contributed by atoms with Gasteiger partial charge in [0.2, 0.25) is 0 Å². The fourth-order valence-electron chi connectivity index (χ4n) is 4.12. The minimum atomic E-state index is -1.11. The second-order valence-electron chi connectivity index (χ2n) is 8.20. The van der Waals surface area contributed by atoms with Crippen molar-refractivity contribution >= 4 is 74.0 Å². The number of rotatable bonds is 5. The smallest absolute Gasteiger partial charge is 0.355 e. The highest BCUT2D eigenvalue weighted by molar-refractivity contribution is 8.26. The molecule has 0 atom stereocenters. The number of aliphatic carboxylic acids is 1. The van der Waals surface area contributed by atoms with Crippen LogP contribution in [0.4, 0.5) is 0 Å². The van der Waals surface area contributed by atoms with Gasteiger partial charge < -0.3 is 5.11 Å². The van der Waals surface area contributed by atoms with E-state index in [2.05, 4.69) is 5.10 Å². The monoisotopic (exact) mass is 544 g/mol. The van der Waals surface area contributed by atoms with Gasteiger partial charge >= 0.3 is 11.7 Å². The van der Waals surface area contributed by atoms with E-state index in [4.69, 9.17) is 17.3 Å². The molecule has 3 aromatic heterocycles. The number of hydrogen-bond donors (Lipinski definition) is 1. The number of fused-ring (bicyclic) bond motifs is 3. The third-order valence-electron chi connectivity index (χ3n) is 5.88. The largest absolute Gasteiger partial charge is 0.480 e. The molecule has 6 rings (SSSR count). The normalized spacial score (nSPS) is 14.9. The molecule has 0 spiro atoms. The first-order valence-corrected chi connectivity index (χ1v) is 13.1. The summed E-state index contributed by atoms with van der Waals surface area (Å²) in [6.45, 7) is -0.449. The second kappa shape index (κ2) is 9.11. The predicted octanol–water partition coefficient (Wildman–Crippen LogP) is 4.65. The Kier molecular flexibility index (Phi) is 5.75. The number of carboxylic acids is 1. The number of aromatic nitrogens is 3. The Morgan fingerprint density at radius 1 is 1.03 bits per heavy atom. The Balaban J connectivity index is 1.27. The Hall–Kier alpha value is -4.06. The molecule has 1 N–H and O–H groups in total. The SMILES string of the molecule is O=C(O)CN1C(=O)C(=Cc2ccc(-c3ccc(-n4nc5c6ccccc6ccn5c4=O)cc3)s2)SC1=S. The van der Waals surface area contributed by atoms with Crippen molar-refractivity contribution in [1.82, 2.24) is 19.1 Å². The molecular formula is C26H16N4O4S3. The van der Waals surface area contributed by atoms with E-state index in [0.29, 0.717) is 16.2 Å². The predicted molar refractivity (Wildman–Crippen MR) is 149 cm³/mol. The van der Waals surface area contributed by atoms with Gasteiger partial charge in [-0.2, -0.15) is 4.68 Å². The Morgan fingerprint density at radius 2 is 1.81 bits per heavy atom. The van der Waals surface area contributed by atoms with Gasteiger partial charge in [0.05, 0.1) is 10.6 Å². The van der Waals surface area contributed by atoms with Crippen LogP contribution < -0.4 is 5.69 Å². The second-order valence-corrected chi connectivity index (χ2v) is 11.0. The van der Waals surface area contributed by atoms with Crippen LogP contribution in [0.25, 0.3) is 38.6 Å². The molecule has 0 unspecified atom stereocenters. The molecule has 182 valence electrons. The van der Waals surface area contributed by atoms with Gasteiger partial charge in [0.15, 0.2) is 5.65 Å². The van der Waals surface area contributed by atoms with Crippen molar-refractivity contribution in [3.63, 3.8) is 0 Å². The van der Waals surface area contributed by atoms with Gasteiger partial charge in [-0.3, -0.25) is 14.5 Å². The summed E-state index contributed by atoms with van der Waals surface area (Å²) in [5.41, 5.74) is 1.96. The van der Waals surface area contributed by atoms with Crippen LogP contribution in [0, 0.1) is 0 Å². The highest BCUT2D eigenvalue weighted by Gasteiger charge is 2.33. The summed E-state index contributed by atoms with van der Waals surface area (Å²) >= 11 is 7.74. The van der Waals surface area contributed by atoms with Crippen LogP contribution in [-0.2, 0) is 9.59 Å². The van der Waals surface area contributed by atoms with Crippen LogP contribution in [0.5, 0.6) is 0 Å². The maximum absolute atomic E-state index is 13.0. The van der Waals surface area contributed by atoms with Crippen molar-refractivity contribution in [3.8, 4) is 16.1 Å². The van der Waals surface area contributed by atoms with Gasteiger partial charge in [-0.15, -0.1) is 16.4 Å². The third-order valence-corrected chi connectivity index (χ3v) is 8.34. The zero-order chi connectivity index (χ0) is 25.7. The average molecular weight is 545 g/mol. The maximum Gasteiger partial charge on any atom is 0.355 e. The number of amides is 1.